The molecule has 0 aliphatic heterocycles. The van der Waals surface area contributed by atoms with Crippen molar-refractivity contribution in [1.82, 2.24) is 0 Å². The molecular formula is C10H13NS. The molecule has 0 heterocycles. The molecule has 0 atom stereocenters. The molecule has 0 unspecified atom stereocenters. The van der Waals surface area contributed by atoms with E-state index >= 15 is 0 Å². The number of hydrogen-bond donors (Lipinski definition) is 1. The SMILES string of the molecule is NC1CC(Sc2ccccc2)C1. The lowest BCUT2D eigenvalue weighted by Gasteiger charge is -2.31. The van der Waals surface area contributed by atoms with E-state index in [0.29, 0.717) is 6.04 Å². The van der Waals surface area contributed by atoms with Gasteiger partial charge in [-0.2, -0.15) is 0 Å². The lowest BCUT2D eigenvalue weighted by molar-refractivity contribution is 0.433. The smallest absolute Gasteiger partial charge is 0.0124 e. The van der Waals surface area contributed by atoms with Gasteiger partial charge in [0.1, 0.15) is 0 Å². The average Bonchev–Trinajstić information content (AvgIpc) is 2.04. The van der Waals surface area contributed by atoms with Crippen LogP contribution in [0.3, 0.4) is 0 Å². The minimum Gasteiger partial charge on any atom is -0.328 e. The molecule has 0 radical (unpaired) electrons. The normalized spacial score (nSPS) is 28.1. The minimum absolute atomic E-state index is 0.464. The highest BCUT2D eigenvalue weighted by Crippen LogP contribution is 2.35. The first kappa shape index (κ1) is 8.14. The lowest BCUT2D eigenvalue weighted by atomic mass is 9.94. The van der Waals surface area contributed by atoms with E-state index in [1.807, 2.05) is 11.8 Å². The largest absolute Gasteiger partial charge is 0.328 e. The third kappa shape index (κ3) is 1.82. The van der Waals surface area contributed by atoms with Gasteiger partial charge in [-0.05, 0) is 25.0 Å². The van der Waals surface area contributed by atoms with Crippen molar-refractivity contribution in [3.05, 3.63) is 30.3 Å². The molecule has 64 valence electrons. The first-order valence-electron chi connectivity index (χ1n) is 4.32. The molecule has 0 aromatic heterocycles. The van der Waals surface area contributed by atoms with Gasteiger partial charge in [0, 0.05) is 16.2 Å². The average molecular weight is 179 g/mol. The predicted octanol–water partition coefficient (Wildman–Crippen LogP) is 2.27. The lowest BCUT2D eigenvalue weighted by Crippen LogP contribution is -2.38. The summed E-state index contributed by atoms with van der Waals surface area (Å²) in [6.45, 7) is 0. The maximum atomic E-state index is 5.71. The Morgan fingerprint density at radius 2 is 1.83 bits per heavy atom. The Morgan fingerprint density at radius 3 is 2.42 bits per heavy atom. The van der Waals surface area contributed by atoms with E-state index in [1.165, 1.54) is 17.7 Å². The van der Waals surface area contributed by atoms with Gasteiger partial charge in [-0.15, -0.1) is 11.8 Å². The van der Waals surface area contributed by atoms with Crippen molar-refractivity contribution in [2.45, 2.75) is 29.0 Å². The van der Waals surface area contributed by atoms with Crippen LogP contribution < -0.4 is 5.73 Å². The second-order valence-corrected chi connectivity index (χ2v) is 4.66. The molecule has 1 aliphatic carbocycles. The van der Waals surface area contributed by atoms with E-state index in [2.05, 4.69) is 30.3 Å². The highest BCUT2D eigenvalue weighted by atomic mass is 32.2. The van der Waals surface area contributed by atoms with E-state index in [4.69, 9.17) is 5.73 Å². The van der Waals surface area contributed by atoms with E-state index in [0.717, 1.165) is 5.25 Å². The van der Waals surface area contributed by atoms with Gasteiger partial charge in [0.05, 0.1) is 0 Å². The third-order valence-electron chi connectivity index (χ3n) is 2.18. The summed E-state index contributed by atoms with van der Waals surface area (Å²) in [4.78, 5) is 1.37. The molecule has 1 fully saturated rings. The molecule has 2 heteroatoms. The molecule has 2 N–H and O–H groups in total. The van der Waals surface area contributed by atoms with Crippen LogP contribution in [-0.4, -0.2) is 11.3 Å². The second-order valence-electron chi connectivity index (χ2n) is 3.28. The van der Waals surface area contributed by atoms with Gasteiger partial charge in [-0.3, -0.25) is 0 Å². The molecule has 0 spiro atoms. The minimum atomic E-state index is 0.464. The highest BCUT2D eigenvalue weighted by Gasteiger charge is 2.26. The van der Waals surface area contributed by atoms with Gasteiger partial charge < -0.3 is 5.73 Å². The topological polar surface area (TPSA) is 26.0 Å². The van der Waals surface area contributed by atoms with Crippen LogP contribution in [0.2, 0.25) is 0 Å². The van der Waals surface area contributed by atoms with Crippen LogP contribution in [0.5, 0.6) is 0 Å². The van der Waals surface area contributed by atoms with Gasteiger partial charge in [0.2, 0.25) is 0 Å². The molecule has 2 rings (SSSR count). The van der Waals surface area contributed by atoms with E-state index < -0.39 is 0 Å². The molecule has 1 nitrogen and oxygen atoms in total. The van der Waals surface area contributed by atoms with Gasteiger partial charge in [-0.25, -0.2) is 0 Å². The molecule has 1 aromatic rings. The number of rotatable bonds is 2. The summed E-state index contributed by atoms with van der Waals surface area (Å²) in [5, 5.41) is 0.766. The predicted molar refractivity (Wildman–Crippen MR) is 53.3 cm³/mol. The number of benzene rings is 1. The zero-order valence-electron chi connectivity index (χ0n) is 6.94. The van der Waals surface area contributed by atoms with Crippen LogP contribution in [0.1, 0.15) is 12.8 Å². The first-order chi connectivity index (χ1) is 5.84. The Bertz CT molecular complexity index is 241. The summed E-state index contributed by atoms with van der Waals surface area (Å²) in [5.41, 5.74) is 5.71. The third-order valence-corrected chi connectivity index (χ3v) is 3.44. The summed E-state index contributed by atoms with van der Waals surface area (Å²) < 4.78 is 0. The molecular weight excluding hydrogens is 166 g/mol. The molecule has 0 bridgehead atoms. The fourth-order valence-electron chi connectivity index (χ4n) is 1.39. The summed E-state index contributed by atoms with van der Waals surface area (Å²) in [6.07, 6.45) is 2.36. The summed E-state index contributed by atoms with van der Waals surface area (Å²) >= 11 is 1.95. The van der Waals surface area contributed by atoms with Gasteiger partial charge >= 0.3 is 0 Å². The zero-order valence-corrected chi connectivity index (χ0v) is 7.76. The molecule has 0 amide bonds. The molecule has 1 aromatic carbocycles. The Balaban J connectivity index is 1.88. The maximum Gasteiger partial charge on any atom is 0.0124 e. The number of thioether (sulfide) groups is 1. The van der Waals surface area contributed by atoms with Crippen LogP contribution in [0.4, 0.5) is 0 Å². The van der Waals surface area contributed by atoms with E-state index in [-0.39, 0.29) is 0 Å². The van der Waals surface area contributed by atoms with Crippen LogP contribution in [-0.2, 0) is 0 Å². The molecule has 1 saturated carbocycles. The molecule has 12 heavy (non-hydrogen) atoms. The van der Waals surface area contributed by atoms with Crippen LogP contribution in [0.15, 0.2) is 35.2 Å². The van der Waals surface area contributed by atoms with Crippen molar-refractivity contribution >= 4 is 11.8 Å². The second kappa shape index (κ2) is 3.50. The van der Waals surface area contributed by atoms with Gasteiger partial charge in [0.25, 0.3) is 0 Å². The number of nitrogens with two attached hydrogens (primary N) is 1. The van der Waals surface area contributed by atoms with Crippen molar-refractivity contribution in [1.29, 1.82) is 0 Å². The summed E-state index contributed by atoms with van der Waals surface area (Å²) in [6, 6.07) is 11.0. The van der Waals surface area contributed by atoms with Crippen molar-refractivity contribution < 1.29 is 0 Å². The monoisotopic (exact) mass is 179 g/mol. The standard InChI is InChI=1S/C10H13NS/c11-8-6-10(7-8)12-9-4-2-1-3-5-9/h1-5,8,10H,6-7,11H2. The highest BCUT2D eigenvalue weighted by molar-refractivity contribution is 8.00. The van der Waals surface area contributed by atoms with Crippen LogP contribution in [0.25, 0.3) is 0 Å². The van der Waals surface area contributed by atoms with E-state index in [1.54, 1.807) is 0 Å². The van der Waals surface area contributed by atoms with Gasteiger partial charge in [-0.1, -0.05) is 18.2 Å². The van der Waals surface area contributed by atoms with Crippen molar-refractivity contribution in [3.8, 4) is 0 Å². The maximum absolute atomic E-state index is 5.71. The molecule has 1 aliphatic rings. The Hall–Kier alpha value is -0.470. The summed E-state index contributed by atoms with van der Waals surface area (Å²) in [5.74, 6) is 0. The first-order valence-corrected chi connectivity index (χ1v) is 5.20. The van der Waals surface area contributed by atoms with E-state index in [9.17, 15) is 0 Å². The van der Waals surface area contributed by atoms with Crippen molar-refractivity contribution in [2.24, 2.45) is 5.73 Å². The fraction of sp³-hybridized carbons (Fsp3) is 0.400. The van der Waals surface area contributed by atoms with Crippen LogP contribution >= 0.6 is 11.8 Å². The van der Waals surface area contributed by atoms with Crippen LogP contribution in [0, 0.1) is 0 Å². The quantitative estimate of drug-likeness (QED) is 0.753. The molecule has 0 saturated heterocycles. The fourth-order valence-corrected chi connectivity index (χ4v) is 2.78. The zero-order chi connectivity index (χ0) is 8.39. The Kier molecular flexibility index (Phi) is 2.38. The Morgan fingerprint density at radius 1 is 1.17 bits per heavy atom. The summed E-state index contributed by atoms with van der Waals surface area (Å²) in [7, 11) is 0. The van der Waals surface area contributed by atoms with Gasteiger partial charge in [0.15, 0.2) is 0 Å². The van der Waals surface area contributed by atoms with Crippen molar-refractivity contribution in [3.63, 3.8) is 0 Å². The Labute approximate surface area is 77.3 Å². The number of hydrogen-bond acceptors (Lipinski definition) is 2. The van der Waals surface area contributed by atoms with Crippen molar-refractivity contribution in [2.75, 3.05) is 0 Å².